The van der Waals surface area contributed by atoms with E-state index in [1.54, 1.807) is 29.1 Å². The second kappa shape index (κ2) is 13.0. The Kier molecular flexibility index (Phi) is 9.10. The zero-order chi connectivity index (χ0) is 30.8. The average molecular weight is 625 g/mol. The summed E-state index contributed by atoms with van der Waals surface area (Å²) >= 11 is 1.29. The van der Waals surface area contributed by atoms with E-state index in [1.165, 1.54) is 24.3 Å². The molecule has 1 saturated carbocycles. The summed E-state index contributed by atoms with van der Waals surface area (Å²) in [6.07, 6.45) is 6.77. The Morgan fingerprint density at radius 3 is 2.80 bits per heavy atom. The maximum Gasteiger partial charge on any atom is 0.261 e. The lowest BCUT2D eigenvalue weighted by molar-refractivity contribution is -0.0613. The Morgan fingerprint density at radius 2 is 2.05 bits per heavy atom. The molecular weight excluding hydrogens is 586 g/mol. The maximum absolute atomic E-state index is 14.9. The van der Waals surface area contributed by atoms with Crippen LogP contribution in [0.4, 0.5) is 14.5 Å². The zero-order valence-electron chi connectivity index (χ0n) is 25.1. The zero-order valence-corrected chi connectivity index (χ0v) is 25.9. The molecule has 0 amide bonds. The second-order valence-corrected chi connectivity index (χ2v) is 13.1. The normalized spacial score (nSPS) is 23.7. The lowest BCUT2D eigenvalue weighted by atomic mass is 9.84. The van der Waals surface area contributed by atoms with Gasteiger partial charge in [-0.1, -0.05) is 19.8 Å². The van der Waals surface area contributed by atoms with Gasteiger partial charge in [0, 0.05) is 37.8 Å². The van der Waals surface area contributed by atoms with Crippen LogP contribution in [0.5, 0.6) is 11.5 Å². The van der Waals surface area contributed by atoms with Gasteiger partial charge in [-0.3, -0.25) is 14.3 Å². The lowest BCUT2D eigenvalue weighted by Crippen LogP contribution is -2.51. The van der Waals surface area contributed by atoms with Crippen molar-refractivity contribution in [1.29, 1.82) is 5.26 Å². The lowest BCUT2D eigenvalue weighted by Gasteiger charge is -2.44. The smallest absolute Gasteiger partial charge is 0.261 e. The molecule has 1 aromatic heterocycles. The molecular formula is C32H38F2N6O3S. The van der Waals surface area contributed by atoms with Crippen LogP contribution in [-0.4, -0.2) is 69.9 Å². The first kappa shape index (κ1) is 30.8. The van der Waals surface area contributed by atoms with E-state index in [0.29, 0.717) is 36.0 Å². The van der Waals surface area contributed by atoms with Gasteiger partial charge in [-0.15, -0.1) is 0 Å². The van der Waals surface area contributed by atoms with Crippen LogP contribution in [0.1, 0.15) is 63.5 Å². The standard InChI is InChI=1S/C32H38F2N6O3S/c1-3-38(2)44-37-28-11-9-26(34)30(24(28)18-35)43-22-8-10-27-23(16-22)31(41)40(20-36-27)21-17-32(42-19-21)12-14-39(15-13-32)29-7-5-4-6-25(29)33/h8-11,16,20-21,25,29,37H,3-7,12-15,17,19H2,1-2H3. The van der Waals surface area contributed by atoms with Gasteiger partial charge in [-0.2, -0.15) is 5.26 Å². The van der Waals surface area contributed by atoms with Gasteiger partial charge >= 0.3 is 0 Å². The Bertz CT molecular complexity index is 1610. The molecule has 9 nitrogen and oxygen atoms in total. The van der Waals surface area contributed by atoms with Crippen molar-refractivity contribution in [3.63, 3.8) is 0 Å². The van der Waals surface area contributed by atoms with E-state index in [2.05, 4.69) is 14.6 Å². The number of hydrogen-bond acceptors (Lipinski definition) is 9. The number of ether oxygens (including phenoxy) is 2. The van der Waals surface area contributed by atoms with Crippen molar-refractivity contribution in [2.24, 2.45) is 0 Å². The van der Waals surface area contributed by atoms with Crippen LogP contribution in [0.15, 0.2) is 41.5 Å². The van der Waals surface area contributed by atoms with E-state index in [-0.39, 0.29) is 40.3 Å². The fourth-order valence-electron chi connectivity index (χ4n) is 6.69. The first-order chi connectivity index (χ1) is 21.3. The highest BCUT2D eigenvalue weighted by Gasteiger charge is 2.45. The molecule has 3 unspecified atom stereocenters. The van der Waals surface area contributed by atoms with Gasteiger partial charge in [0.1, 0.15) is 23.6 Å². The van der Waals surface area contributed by atoms with Crippen LogP contribution in [0.25, 0.3) is 10.9 Å². The molecule has 3 heterocycles. The molecule has 2 aromatic carbocycles. The number of nitrogens with one attached hydrogen (secondary N) is 1. The van der Waals surface area contributed by atoms with Crippen LogP contribution in [-0.2, 0) is 4.74 Å². The van der Waals surface area contributed by atoms with Crippen molar-refractivity contribution in [3.05, 3.63) is 58.4 Å². The molecule has 2 saturated heterocycles. The molecule has 6 rings (SSSR count). The van der Waals surface area contributed by atoms with Crippen LogP contribution < -0.4 is 15.0 Å². The molecule has 1 spiro atoms. The van der Waals surface area contributed by atoms with Gasteiger partial charge < -0.3 is 14.2 Å². The van der Waals surface area contributed by atoms with E-state index in [9.17, 15) is 18.8 Å². The van der Waals surface area contributed by atoms with Crippen molar-refractivity contribution in [2.45, 2.75) is 75.7 Å². The first-order valence-corrected chi connectivity index (χ1v) is 16.2. The SMILES string of the molecule is CCN(C)SNc1ccc(F)c(Oc2ccc3ncn(C4COC5(CCN(C6CCCCC6F)CC5)C4)c(=O)c3c2)c1C#N. The number of benzene rings is 2. The molecule has 0 radical (unpaired) electrons. The number of anilines is 1. The largest absolute Gasteiger partial charge is 0.453 e. The van der Waals surface area contributed by atoms with E-state index < -0.39 is 12.0 Å². The van der Waals surface area contributed by atoms with E-state index in [0.717, 1.165) is 51.7 Å². The summed E-state index contributed by atoms with van der Waals surface area (Å²) in [6.45, 7) is 4.76. The number of nitriles is 1. The van der Waals surface area contributed by atoms with Crippen LogP contribution in [0, 0.1) is 17.1 Å². The molecule has 0 bridgehead atoms. The van der Waals surface area contributed by atoms with Crippen molar-refractivity contribution in [1.82, 2.24) is 18.8 Å². The topological polar surface area (TPSA) is 95.7 Å². The molecule has 3 atom stereocenters. The minimum atomic E-state index is -0.749. The molecule has 12 heteroatoms. The molecule has 3 fully saturated rings. The molecule has 44 heavy (non-hydrogen) atoms. The molecule has 1 N–H and O–H groups in total. The minimum absolute atomic E-state index is 0.0140. The van der Waals surface area contributed by atoms with Gasteiger partial charge in [0.05, 0.1) is 41.2 Å². The molecule has 3 aliphatic rings. The second-order valence-electron chi connectivity index (χ2n) is 12.0. The summed E-state index contributed by atoms with van der Waals surface area (Å²) in [5.41, 5.74) is 0.375. The summed E-state index contributed by atoms with van der Waals surface area (Å²) < 4.78 is 48.4. The Hall–Kier alpha value is -3.24. The fraction of sp³-hybridized carbons (Fsp3) is 0.531. The molecule has 1 aliphatic carbocycles. The predicted octanol–water partition coefficient (Wildman–Crippen LogP) is 6.20. The van der Waals surface area contributed by atoms with Crippen LogP contribution in [0.2, 0.25) is 0 Å². The van der Waals surface area contributed by atoms with Crippen molar-refractivity contribution in [2.75, 3.05) is 38.0 Å². The van der Waals surface area contributed by atoms with Gasteiger partial charge in [0.15, 0.2) is 11.6 Å². The predicted molar refractivity (Wildman–Crippen MR) is 167 cm³/mol. The molecule has 3 aromatic rings. The molecule has 234 valence electrons. The van der Waals surface area contributed by atoms with Gasteiger partial charge in [0.2, 0.25) is 0 Å². The Labute approximate surface area is 260 Å². The highest BCUT2D eigenvalue weighted by Crippen LogP contribution is 2.42. The summed E-state index contributed by atoms with van der Waals surface area (Å²) in [5, 5.41) is 10.2. The van der Waals surface area contributed by atoms with Crippen molar-refractivity contribution >= 4 is 28.7 Å². The summed E-state index contributed by atoms with van der Waals surface area (Å²) in [4.78, 5) is 20.5. The van der Waals surface area contributed by atoms with Crippen LogP contribution in [0.3, 0.4) is 0 Å². The number of alkyl halides is 1. The van der Waals surface area contributed by atoms with E-state index >= 15 is 0 Å². The quantitative estimate of drug-likeness (QED) is 0.294. The number of hydrogen-bond donors (Lipinski definition) is 1. The highest BCUT2D eigenvalue weighted by molar-refractivity contribution is 7.98. The maximum atomic E-state index is 14.9. The van der Waals surface area contributed by atoms with E-state index in [4.69, 9.17) is 9.47 Å². The number of rotatable bonds is 8. The third-order valence-electron chi connectivity index (χ3n) is 9.36. The van der Waals surface area contributed by atoms with E-state index in [1.807, 2.05) is 24.3 Å². The van der Waals surface area contributed by atoms with Gasteiger partial charge in [-0.05, 0) is 69.5 Å². The molecule has 2 aliphatic heterocycles. The minimum Gasteiger partial charge on any atom is -0.453 e. The Balaban J connectivity index is 1.19. The van der Waals surface area contributed by atoms with Gasteiger partial charge in [-0.25, -0.2) is 18.1 Å². The van der Waals surface area contributed by atoms with Gasteiger partial charge in [0.25, 0.3) is 5.56 Å². The number of aromatic nitrogens is 2. The number of likely N-dealkylation sites (tertiary alicyclic amines) is 1. The first-order valence-electron chi connectivity index (χ1n) is 15.4. The monoisotopic (exact) mass is 624 g/mol. The summed E-state index contributed by atoms with van der Waals surface area (Å²) in [7, 11) is 1.89. The van der Waals surface area contributed by atoms with Crippen molar-refractivity contribution in [3.8, 4) is 17.6 Å². The summed E-state index contributed by atoms with van der Waals surface area (Å²) in [6, 6.07) is 9.42. The Morgan fingerprint density at radius 1 is 1.25 bits per heavy atom. The van der Waals surface area contributed by atoms with Crippen molar-refractivity contribution < 1.29 is 18.3 Å². The number of halogens is 2. The summed E-state index contributed by atoms with van der Waals surface area (Å²) in [5.74, 6) is -0.680. The number of piperidine rings is 1. The number of nitrogens with zero attached hydrogens (tertiary/aromatic N) is 5. The third-order valence-corrected chi connectivity index (χ3v) is 10.2. The number of fused-ring (bicyclic) bond motifs is 1. The average Bonchev–Trinajstić information content (AvgIpc) is 3.45. The third kappa shape index (κ3) is 6.15. The fourth-order valence-corrected chi connectivity index (χ4v) is 7.24. The highest BCUT2D eigenvalue weighted by atomic mass is 32.2. The van der Waals surface area contributed by atoms with Crippen LogP contribution >= 0.6 is 12.1 Å².